The molecule has 1 aromatic rings. The lowest BCUT2D eigenvalue weighted by Gasteiger charge is -2.22. The average molecular weight is 417 g/mol. The molecule has 1 rings (SSSR count). The fourth-order valence-electron chi connectivity index (χ4n) is 2.50. The molecule has 9 heteroatoms. The predicted octanol–water partition coefficient (Wildman–Crippen LogP) is 3.58. The number of hydrogen-bond acceptors (Lipinski definition) is 4. The van der Waals surface area contributed by atoms with Gasteiger partial charge in [-0.2, -0.15) is 13.2 Å². The number of carbonyl (C=O) groups excluding carboxylic acids is 2. The van der Waals surface area contributed by atoms with Crippen LogP contribution in [0.4, 0.5) is 13.2 Å². The van der Waals surface area contributed by atoms with Crippen LogP contribution >= 0.6 is 0 Å². The molecule has 0 bridgehead atoms. The van der Waals surface area contributed by atoms with Crippen LogP contribution in [0.25, 0.3) is 0 Å². The van der Waals surface area contributed by atoms with Gasteiger partial charge in [0.1, 0.15) is 11.6 Å². The molecular weight excluding hydrogens is 391 g/mol. The van der Waals surface area contributed by atoms with Crippen molar-refractivity contribution in [1.82, 2.24) is 5.32 Å². The lowest BCUT2D eigenvalue weighted by atomic mass is 9.94. The molecule has 6 nitrogen and oxygen atoms in total. The van der Waals surface area contributed by atoms with E-state index in [-0.39, 0.29) is 19.3 Å². The molecule has 1 amide bonds. The first-order chi connectivity index (χ1) is 13.2. The number of esters is 1. The van der Waals surface area contributed by atoms with E-state index < -0.39 is 47.1 Å². The van der Waals surface area contributed by atoms with Gasteiger partial charge in [0.05, 0.1) is 12.0 Å². The van der Waals surface area contributed by atoms with E-state index in [1.807, 2.05) is 0 Å². The first-order valence-corrected chi connectivity index (χ1v) is 9.10. The van der Waals surface area contributed by atoms with Crippen LogP contribution in [0.15, 0.2) is 24.3 Å². The Hall–Kier alpha value is -2.58. The molecule has 0 aromatic heterocycles. The van der Waals surface area contributed by atoms with Crippen molar-refractivity contribution in [3.63, 3.8) is 0 Å². The number of benzene rings is 1. The number of halogens is 3. The molecule has 0 saturated carbocycles. The second-order valence-electron chi connectivity index (χ2n) is 7.79. The fourth-order valence-corrected chi connectivity index (χ4v) is 2.50. The smallest absolute Gasteiger partial charge is 0.416 e. The number of aryl methyl sites for hydroxylation is 1. The minimum absolute atomic E-state index is 0.142. The number of carboxylic acid groups (broad SMARTS) is 1. The maximum absolute atomic E-state index is 12.7. The number of hydrogen-bond donors (Lipinski definition) is 2. The molecule has 2 atom stereocenters. The molecule has 0 aliphatic rings. The largest absolute Gasteiger partial charge is 0.480 e. The lowest BCUT2D eigenvalue weighted by molar-refractivity contribution is -0.157. The molecule has 162 valence electrons. The second-order valence-corrected chi connectivity index (χ2v) is 7.79. The van der Waals surface area contributed by atoms with E-state index in [0.717, 1.165) is 12.1 Å². The van der Waals surface area contributed by atoms with Crippen LogP contribution < -0.4 is 5.32 Å². The zero-order chi connectivity index (χ0) is 22.4. The summed E-state index contributed by atoms with van der Waals surface area (Å²) >= 11 is 0. The Morgan fingerprint density at radius 2 is 1.66 bits per heavy atom. The van der Waals surface area contributed by atoms with Crippen molar-refractivity contribution in [3.05, 3.63) is 35.4 Å². The van der Waals surface area contributed by atoms with Gasteiger partial charge in [0, 0.05) is 5.92 Å². The SMILES string of the molecule is C[C@H](NC(=O)[C@@H](CCc1ccc(C(F)(F)F)cc1)CC(=O)OC(C)(C)C)C(=O)O. The Balaban J connectivity index is 2.85. The van der Waals surface area contributed by atoms with Crippen molar-refractivity contribution in [1.29, 1.82) is 0 Å². The van der Waals surface area contributed by atoms with Gasteiger partial charge in [0.15, 0.2) is 0 Å². The quantitative estimate of drug-likeness (QED) is 0.631. The highest BCUT2D eigenvalue weighted by atomic mass is 19.4. The highest BCUT2D eigenvalue weighted by molar-refractivity contribution is 5.87. The minimum Gasteiger partial charge on any atom is -0.480 e. The van der Waals surface area contributed by atoms with Crippen LogP contribution in [0.2, 0.25) is 0 Å². The van der Waals surface area contributed by atoms with E-state index >= 15 is 0 Å². The van der Waals surface area contributed by atoms with E-state index in [4.69, 9.17) is 9.84 Å². The normalized spacial score (nSPS) is 14.0. The molecule has 29 heavy (non-hydrogen) atoms. The van der Waals surface area contributed by atoms with E-state index in [9.17, 15) is 27.6 Å². The molecule has 0 saturated heterocycles. The number of ether oxygens (including phenoxy) is 1. The Kier molecular flexibility index (Phi) is 8.23. The zero-order valence-corrected chi connectivity index (χ0v) is 16.8. The van der Waals surface area contributed by atoms with Crippen molar-refractivity contribution >= 4 is 17.8 Å². The number of carboxylic acids is 1. The summed E-state index contributed by atoms with van der Waals surface area (Å²) in [6.45, 7) is 6.32. The summed E-state index contributed by atoms with van der Waals surface area (Å²) in [5, 5.41) is 11.3. The van der Waals surface area contributed by atoms with Crippen molar-refractivity contribution in [3.8, 4) is 0 Å². The van der Waals surface area contributed by atoms with E-state index in [0.29, 0.717) is 5.56 Å². The first-order valence-electron chi connectivity index (χ1n) is 9.10. The zero-order valence-electron chi connectivity index (χ0n) is 16.8. The summed E-state index contributed by atoms with van der Waals surface area (Å²) in [5.74, 6) is -3.35. The maximum atomic E-state index is 12.7. The molecule has 0 fully saturated rings. The molecule has 1 aromatic carbocycles. The maximum Gasteiger partial charge on any atom is 0.416 e. The summed E-state index contributed by atoms with van der Waals surface area (Å²) in [5.41, 5.74) is -0.967. The van der Waals surface area contributed by atoms with Crippen LogP contribution in [0.3, 0.4) is 0 Å². The van der Waals surface area contributed by atoms with Crippen LogP contribution in [-0.4, -0.2) is 34.6 Å². The van der Waals surface area contributed by atoms with Gasteiger partial charge in [-0.15, -0.1) is 0 Å². The van der Waals surface area contributed by atoms with Crippen LogP contribution in [0.5, 0.6) is 0 Å². The Morgan fingerprint density at radius 3 is 2.10 bits per heavy atom. The third-order valence-corrected chi connectivity index (χ3v) is 4.00. The fraction of sp³-hybridized carbons (Fsp3) is 0.550. The summed E-state index contributed by atoms with van der Waals surface area (Å²) < 4.78 is 43.2. The minimum atomic E-state index is -4.44. The highest BCUT2D eigenvalue weighted by Gasteiger charge is 2.30. The van der Waals surface area contributed by atoms with E-state index in [1.54, 1.807) is 20.8 Å². The topological polar surface area (TPSA) is 92.7 Å². The molecule has 2 N–H and O–H groups in total. The predicted molar refractivity (Wildman–Crippen MR) is 99.0 cm³/mol. The Bertz CT molecular complexity index is 723. The summed E-state index contributed by atoms with van der Waals surface area (Å²) in [4.78, 5) is 35.5. The molecular formula is C20H26F3NO5. The molecule has 0 radical (unpaired) electrons. The molecule has 0 aliphatic carbocycles. The van der Waals surface area contributed by atoms with Crippen molar-refractivity contribution in [2.45, 2.75) is 64.8 Å². The van der Waals surface area contributed by atoms with E-state index in [2.05, 4.69) is 5.32 Å². The van der Waals surface area contributed by atoms with Gasteiger partial charge in [0.2, 0.25) is 5.91 Å². The van der Waals surface area contributed by atoms with Crippen molar-refractivity contribution in [2.75, 3.05) is 0 Å². The summed E-state index contributed by atoms with van der Waals surface area (Å²) in [6.07, 6.45) is -4.33. The third-order valence-electron chi connectivity index (χ3n) is 4.00. The molecule has 0 unspecified atom stereocenters. The lowest BCUT2D eigenvalue weighted by Crippen LogP contribution is -2.42. The van der Waals surface area contributed by atoms with Crippen molar-refractivity contribution in [2.24, 2.45) is 5.92 Å². The van der Waals surface area contributed by atoms with Gasteiger partial charge >= 0.3 is 18.1 Å². The third kappa shape index (κ3) is 8.97. The van der Waals surface area contributed by atoms with E-state index in [1.165, 1.54) is 19.1 Å². The number of alkyl halides is 3. The monoisotopic (exact) mass is 417 g/mol. The van der Waals surface area contributed by atoms with Crippen molar-refractivity contribution < 1.29 is 37.4 Å². The molecule has 0 spiro atoms. The second kappa shape index (κ2) is 9.76. The van der Waals surface area contributed by atoms with Gasteiger partial charge in [-0.05, 0) is 58.2 Å². The Morgan fingerprint density at radius 1 is 1.10 bits per heavy atom. The first kappa shape index (κ1) is 24.5. The number of aliphatic carboxylic acids is 1. The highest BCUT2D eigenvalue weighted by Crippen LogP contribution is 2.29. The number of carbonyl (C=O) groups is 3. The number of nitrogens with one attached hydrogen (secondary N) is 1. The van der Waals surface area contributed by atoms with Gasteiger partial charge in [-0.1, -0.05) is 12.1 Å². The van der Waals surface area contributed by atoms with Crippen LogP contribution in [0.1, 0.15) is 51.7 Å². The summed E-state index contributed by atoms with van der Waals surface area (Å²) in [6, 6.07) is 3.38. The molecule has 0 heterocycles. The van der Waals surface area contributed by atoms with Gasteiger partial charge in [0.25, 0.3) is 0 Å². The van der Waals surface area contributed by atoms with Crippen LogP contribution in [0, 0.1) is 5.92 Å². The average Bonchev–Trinajstić information content (AvgIpc) is 2.56. The van der Waals surface area contributed by atoms with Crippen LogP contribution in [-0.2, 0) is 31.7 Å². The van der Waals surface area contributed by atoms with Gasteiger partial charge in [-0.25, -0.2) is 0 Å². The van der Waals surface area contributed by atoms with Gasteiger partial charge < -0.3 is 15.2 Å². The Labute approximate surface area is 167 Å². The van der Waals surface area contributed by atoms with Gasteiger partial charge in [-0.3, -0.25) is 14.4 Å². The molecule has 0 aliphatic heterocycles. The number of amides is 1. The standard InChI is InChI=1S/C20H26F3NO5/c1-12(18(27)28)24-17(26)14(11-16(25)29-19(2,3)4)8-5-13-6-9-15(10-7-13)20(21,22)23/h6-7,9-10,12,14H,5,8,11H2,1-4H3,(H,24,26)(H,27,28)/t12-,14-/m0/s1. The summed E-state index contributed by atoms with van der Waals surface area (Å²) in [7, 11) is 0. The number of rotatable bonds is 8.